The highest BCUT2D eigenvalue weighted by Crippen LogP contribution is 2.18. The second-order valence-electron chi connectivity index (χ2n) is 9.20. The van der Waals surface area contributed by atoms with Crippen LogP contribution in [0.3, 0.4) is 0 Å². The van der Waals surface area contributed by atoms with E-state index in [-0.39, 0.29) is 17.4 Å². The lowest BCUT2D eigenvalue weighted by Crippen LogP contribution is -2.53. The average molecular weight is 439 g/mol. The smallest absolute Gasteiger partial charge is 0.243 e. The zero-order valence-corrected chi connectivity index (χ0v) is 20.4. The van der Waals surface area contributed by atoms with E-state index in [0.717, 1.165) is 23.3 Å². The number of nitrogens with one attached hydrogen (secondary N) is 1. The van der Waals surface area contributed by atoms with Crippen LogP contribution in [0.2, 0.25) is 0 Å². The van der Waals surface area contributed by atoms with Crippen molar-refractivity contribution in [2.24, 2.45) is 0 Å². The minimum atomic E-state index is -0.522. The van der Waals surface area contributed by atoms with Gasteiger partial charge in [0, 0.05) is 18.5 Å². The molecule has 2 aromatic carbocycles. The molecule has 0 aliphatic rings. The first-order valence-electron chi connectivity index (χ1n) is 11.5. The Hall–Kier alpha value is -2.82. The number of amides is 2. The van der Waals surface area contributed by atoms with Crippen LogP contribution in [0.4, 0.5) is 0 Å². The molecular formula is C27H38N2O3. The lowest BCUT2D eigenvalue weighted by molar-refractivity contribution is -0.142. The van der Waals surface area contributed by atoms with E-state index in [9.17, 15) is 9.59 Å². The number of nitrogens with zero attached hydrogens (tertiary/aromatic N) is 1. The van der Waals surface area contributed by atoms with Gasteiger partial charge in [-0.2, -0.15) is 0 Å². The van der Waals surface area contributed by atoms with E-state index in [1.54, 1.807) is 12.0 Å². The maximum atomic E-state index is 13.4. The van der Waals surface area contributed by atoms with Crippen LogP contribution in [0.25, 0.3) is 0 Å². The molecule has 0 aliphatic carbocycles. The number of hydrogen-bond acceptors (Lipinski definition) is 3. The van der Waals surface area contributed by atoms with E-state index in [1.165, 1.54) is 5.56 Å². The molecular weight excluding hydrogens is 400 g/mol. The van der Waals surface area contributed by atoms with Crippen molar-refractivity contribution < 1.29 is 14.3 Å². The Morgan fingerprint density at radius 1 is 0.938 bits per heavy atom. The molecule has 0 bridgehead atoms. The molecule has 0 unspecified atom stereocenters. The molecule has 32 heavy (non-hydrogen) atoms. The molecule has 0 radical (unpaired) electrons. The Morgan fingerprint density at radius 3 is 2.00 bits per heavy atom. The molecule has 0 saturated carbocycles. The van der Waals surface area contributed by atoms with Crippen LogP contribution in [0.5, 0.6) is 5.75 Å². The highest BCUT2D eigenvalue weighted by Gasteiger charge is 2.30. The third-order valence-corrected chi connectivity index (χ3v) is 5.45. The van der Waals surface area contributed by atoms with E-state index < -0.39 is 6.04 Å². The molecule has 0 heterocycles. The van der Waals surface area contributed by atoms with Crippen LogP contribution in [-0.2, 0) is 29.0 Å². The minimum absolute atomic E-state index is 0.0173. The number of rotatable bonds is 10. The number of benzene rings is 2. The zero-order valence-electron chi connectivity index (χ0n) is 20.4. The van der Waals surface area contributed by atoms with Crippen molar-refractivity contribution in [3.05, 3.63) is 65.2 Å². The van der Waals surface area contributed by atoms with Crippen molar-refractivity contribution in [2.45, 2.75) is 78.4 Å². The van der Waals surface area contributed by atoms with Crippen LogP contribution < -0.4 is 10.1 Å². The van der Waals surface area contributed by atoms with Crippen LogP contribution in [0.1, 0.15) is 64.2 Å². The molecule has 0 spiro atoms. The number of hydrogen-bond donors (Lipinski definition) is 1. The Kier molecular flexibility index (Phi) is 9.30. The van der Waals surface area contributed by atoms with Gasteiger partial charge < -0.3 is 15.0 Å². The molecule has 2 amide bonds. The fourth-order valence-corrected chi connectivity index (χ4v) is 3.64. The topological polar surface area (TPSA) is 58.6 Å². The van der Waals surface area contributed by atoms with Gasteiger partial charge in [-0.05, 0) is 68.9 Å². The van der Waals surface area contributed by atoms with Crippen LogP contribution in [0, 0.1) is 0 Å². The van der Waals surface area contributed by atoms with Gasteiger partial charge in [0.2, 0.25) is 11.8 Å². The molecule has 1 atom stereocenters. The molecule has 0 aliphatic heterocycles. The standard InChI is InChI=1S/C27H38N2O3/c1-7-20-9-11-21(12-10-20)15-18-25(30)29(19-22-13-16-23(32-6)17-14-22)24(8-2)26(31)28-27(3,4)5/h9-14,16-17,24H,7-8,15,18-19H2,1-6H3,(H,28,31)/t24-/m0/s1. The fraction of sp³-hybridized carbons (Fsp3) is 0.481. The summed E-state index contributed by atoms with van der Waals surface area (Å²) < 4.78 is 5.24. The van der Waals surface area contributed by atoms with Gasteiger partial charge in [0.25, 0.3) is 0 Å². The summed E-state index contributed by atoms with van der Waals surface area (Å²) in [7, 11) is 1.63. The van der Waals surface area contributed by atoms with Gasteiger partial charge in [0.15, 0.2) is 0 Å². The molecule has 2 rings (SSSR count). The third kappa shape index (κ3) is 7.70. The highest BCUT2D eigenvalue weighted by molar-refractivity contribution is 5.88. The van der Waals surface area contributed by atoms with E-state index in [1.807, 2.05) is 52.0 Å². The van der Waals surface area contributed by atoms with Crippen molar-refractivity contribution in [3.63, 3.8) is 0 Å². The summed E-state index contributed by atoms with van der Waals surface area (Å²) in [4.78, 5) is 28.1. The molecule has 5 heteroatoms. The van der Waals surface area contributed by atoms with Gasteiger partial charge in [-0.1, -0.05) is 50.2 Å². The Morgan fingerprint density at radius 2 is 1.50 bits per heavy atom. The summed E-state index contributed by atoms with van der Waals surface area (Å²) in [6.07, 6.45) is 2.56. The quantitative estimate of drug-likeness (QED) is 0.573. The van der Waals surface area contributed by atoms with E-state index in [2.05, 4.69) is 36.5 Å². The largest absolute Gasteiger partial charge is 0.497 e. The maximum absolute atomic E-state index is 13.4. The lowest BCUT2D eigenvalue weighted by Gasteiger charge is -2.33. The normalized spacial score (nSPS) is 12.2. The fourth-order valence-electron chi connectivity index (χ4n) is 3.64. The minimum Gasteiger partial charge on any atom is -0.497 e. The van der Waals surface area contributed by atoms with Crippen LogP contribution in [-0.4, -0.2) is 35.4 Å². The predicted molar refractivity (Wildman–Crippen MR) is 130 cm³/mol. The summed E-state index contributed by atoms with van der Waals surface area (Å²) in [5, 5.41) is 3.04. The second kappa shape index (κ2) is 11.7. The average Bonchev–Trinajstić information content (AvgIpc) is 2.77. The molecule has 5 nitrogen and oxygen atoms in total. The Balaban J connectivity index is 2.21. The Labute approximate surface area is 193 Å². The summed E-state index contributed by atoms with van der Waals surface area (Å²) in [6.45, 7) is 10.3. The lowest BCUT2D eigenvalue weighted by atomic mass is 10.0. The van der Waals surface area contributed by atoms with E-state index in [0.29, 0.717) is 25.8 Å². The third-order valence-electron chi connectivity index (χ3n) is 5.45. The van der Waals surface area contributed by atoms with Gasteiger partial charge in [-0.15, -0.1) is 0 Å². The first-order valence-corrected chi connectivity index (χ1v) is 11.5. The van der Waals surface area contributed by atoms with E-state index in [4.69, 9.17) is 4.74 Å². The number of methoxy groups -OCH3 is 1. The molecule has 1 N–H and O–H groups in total. The van der Waals surface area contributed by atoms with Gasteiger partial charge in [0.1, 0.15) is 11.8 Å². The van der Waals surface area contributed by atoms with Crippen molar-refractivity contribution in [3.8, 4) is 5.75 Å². The molecule has 0 aromatic heterocycles. The molecule has 2 aromatic rings. The van der Waals surface area contributed by atoms with Gasteiger partial charge in [-0.25, -0.2) is 0 Å². The number of carbonyl (C=O) groups is 2. The highest BCUT2D eigenvalue weighted by atomic mass is 16.5. The number of ether oxygens (including phenoxy) is 1. The zero-order chi connectivity index (χ0) is 23.7. The van der Waals surface area contributed by atoms with E-state index >= 15 is 0 Å². The number of aryl methyl sites for hydroxylation is 2. The monoisotopic (exact) mass is 438 g/mol. The summed E-state index contributed by atoms with van der Waals surface area (Å²) in [6, 6.07) is 15.5. The van der Waals surface area contributed by atoms with Crippen LogP contribution in [0.15, 0.2) is 48.5 Å². The first kappa shape index (κ1) is 25.4. The van der Waals surface area contributed by atoms with Crippen LogP contribution >= 0.6 is 0 Å². The van der Waals surface area contributed by atoms with Gasteiger partial charge in [0.05, 0.1) is 7.11 Å². The predicted octanol–water partition coefficient (Wildman–Crippen LogP) is 4.91. The van der Waals surface area contributed by atoms with Crippen molar-refractivity contribution in [1.82, 2.24) is 10.2 Å². The van der Waals surface area contributed by atoms with Gasteiger partial charge in [-0.3, -0.25) is 9.59 Å². The second-order valence-corrected chi connectivity index (χ2v) is 9.20. The molecule has 0 saturated heterocycles. The van der Waals surface area contributed by atoms with Gasteiger partial charge >= 0.3 is 0 Å². The maximum Gasteiger partial charge on any atom is 0.243 e. The summed E-state index contributed by atoms with van der Waals surface area (Å²) >= 11 is 0. The Bertz CT molecular complexity index is 867. The van der Waals surface area contributed by atoms with Crippen molar-refractivity contribution in [2.75, 3.05) is 7.11 Å². The summed E-state index contributed by atoms with van der Waals surface area (Å²) in [5.74, 6) is 0.630. The molecule has 174 valence electrons. The van der Waals surface area contributed by atoms with Crippen molar-refractivity contribution in [1.29, 1.82) is 0 Å². The summed E-state index contributed by atoms with van der Waals surface area (Å²) in [5.41, 5.74) is 3.02. The van der Waals surface area contributed by atoms with Crippen molar-refractivity contribution >= 4 is 11.8 Å². The number of carbonyl (C=O) groups excluding carboxylic acids is 2. The first-order chi connectivity index (χ1) is 15.2. The molecule has 0 fully saturated rings. The SMILES string of the molecule is CCc1ccc(CCC(=O)N(Cc2ccc(OC)cc2)[C@@H](CC)C(=O)NC(C)(C)C)cc1.